The van der Waals surface area contributed by atoms with Crippen molar-refractivity contribution in [2.24, 2.45) is 5.73 Å². The minimum Gasteiger partial charge on any atom is -0.354 e. The number of rotatable bonds is 7. The highest BCUT2D eigenvalue weighted by Gasteiger charge is 2.21. The van der Waals surface area contributed by atoms with Crippen molar-refractivity contribution < 1.29 is 12.9 Å². The third-order valence-electron chi connectivity index (χ3n) is 6.41. The maximum atomic E-state index is 12.7. The number of nitrogens with one attached hydrogen (secondary N) is 2. The Labute approximate surface area is 214 Å². The normalized spacial score (nSPS) is 18.3. The molecule has 0 saturated heterocycles. The van der Waals surface area contributed by atoms with Gasteiger partial charge in [0.05, 0.1) is 10.5 Å². The van der Waals surface area contributed by atoms with E-state index in [0.29, 0.717) is 17.8 Å². The van der Waals surface area contributed by atoms with Crippen molar-refractivity contribution in [2.45, 2.75) is 56.0 Å². The fraction of sp³-hybridized carbons (Fsp3) is 0.320. The fourth-order valence-corrected chi connectivity index (χ4v) is 5.97. The highest BCUT2D eigenvalue weighted by atomic mass is 35.5. The molecule has 5 rings (SSSR count). The summed E-state index contributed by atoms with van der Waals surface area (Å²) in [6, 6.07) is 12.2. The second-order valence-electron chi connectivity index (χ2n) is 8.99. The number of nitrogens with zero attached hydrogens (tertiary/aromatic N) is 3. The van der Waals surface area contributed by atoms with Crippen LogP contribution in [0.5, 0.6) is 0 Å². The first-order valence-electron chi connectivity index (χ1n) is 11.9. The minimum absolute atomic E-state index is 0.0344. The topological polar surface area (TPSA) is 136 Å². The summed E-state index contributed by atoms with van der Waals surface area (Å²) in [4.78, 5) is 9.27. The average Bonchev–Trinajstić information content (AvgIpc) is 3.32. The van der Waals surface area contributed by atoms with Gasteiger partial charge < -0.3 is 15.6 Å². The molecule has 1 fully saturated rings. The summed E-state index contributed by atoms with van der Waals surface area (Å²) < 4.78 is 33.3. The van der Waals surface area contributed by atoms with E-state index in [0.717, 1.165) is 54.1 Å². The van der Waals surface area contributed by atoms with Crippen LogP contribution in [0.4, 0.5) is 11.8 Å². The first-order valence-corrected chi connectivity index (χ1v) is 13.7. The zero-order valence-electron chi connectivity index (χ0n) is 19.7. The van der Waals surface area contributed by atoms with Crippen LogP contribution in [0.1, 0.15) is 38.2 Å². The molecule has 0 radical (unpaired) electrons. The van der Waals surface area contributed by atoms with Crippen LogP contribution in [0.3, 0.4) is 0 Å². The number of hydrogen-bond acceptors (Lipinski definition) is 8. The molecule has 0 aliphatic heterocycles. The predicted octanol–water partition coefficient (Wildman–Crippen LogP) is 4.98. The molecular formula is C25H27ClN6O3S. The second kappa shape index (κ2) is 10.0. The van der Waals surface area contributed by atoms with Gasteiger partial charge in [0.25, 0.3) is 10.0 Å². The van der Waals surface area contributed by atoms with Crippen LogP contribution in [0.2, 0.25) is 5.02 Å². The summed E-state index contributed by atoms with van der Waals surface area (Å²) in [6.07, 6.45) is 6.57. The quantitative estimate of drug-likeness (QED) is 0.306. The number of benzene rings is 2. The first-order chi connectivity index (χ1) is 17.3. The van der Waals surface area contributed by atoms with Crippen molar-refractivity contribution in [1.29, 1.82) is 0 Å². The SMILES string of the molecule is CCc1cc(-c2cc(NS(=O)(=O)c3ccccc3Cl)no2)cc2cnc(NC3CCC(N)CC3)nc12. The van der Waals surface area contributed by atoms with Gasteiger partial charge in [0.1, 0.15) is 4.90 Å². The molecule has 0 unspecified atom stereocenters. The summed E-state index contributed by atoms with van der Waals surface area (Å²) in [5, 5.41) is 8.33. The Hall–Kier alpha value is -3.21. The third kappa shape index (κ3) is 5.16. The van der Waals surface area contributed by atoms with E-state index in [-0.39, 0.29) is 21.8 Å². The van der Waals surface area contributed by atoms with Crippen LogP contribution < -0.4 is 15.8 Å². The van der Waals surface area contributed by atoms with Crippen LogP contribution in [-0.4, -0.2) is 35.6 Å². The molecule has 0 amide bonds. The van der Waals surface area contributed by atoms with E-state index in [4.69, 9.17) is 26.8 Å². The van der Waals surface area contributed by atoms with Crippen molar-refractivity contribution >= 4 is 44.3 Å². The molecule has 4 N–H and O–H groups in total. The van der Waals surface area contributed by atoms with Gasteiger partial charge in [-0.3, -0.25) is 4.72 Å². The van der Waals surface area contributed by atoms with E-state index in [2.05, 4.69) is 27.1 Å². The van der Waals surface area contributed by atoms with Gasteiger partial charge in [-0.15, -0.1) is 0 Å². The number of anilines is 2. The molecule has 2 aromatic heterocycles. The largest absolute Gasteiger partial charge is 0.354 e. The van der Waals surface area contributed by atoms with Gasteiger partial charge in [0, 0.05) is 35.3 Å². The van der Waals surface area contributed by atoms with E-state index < -0.39 is 10.0 Å². The van der Waals surface area contributed by atoms with Crippen molar-refractivity contribution in [2.75, 3.05) is 10.0 Å². The van der Waals surface area contributed by atoms with Crippen LogP contribution in [0.15, 0.2) is 58.1 Å². The number of sulfonamides is 1. The van der Waals surface area contributed by atoms with E-state index in [1.54, 1.807) is 24.4 Å². The summed E-state index contributed by atoms with van der Waals surface area (Å²) >= 11 is 6.05. The van der Waals surface area contributed by atoms with Crippen molar-refractivity contribution in [3.63, 3.8) is 0 Å². The lowest BCUT2D eigenvalue weighted by atomic mass is 9.92. The Morgan fingerprint density at radius 1 is 1.14 bits per heavy atom. The van der Waals surface area contributed by atoms with Crippen molar-refractivity contribution in [1.82, 2.24) is 15.1 Å². The highest BCUT2D eigenvalue weighted by molar-refractivity contribution is 7.92. The van der Waals surface area contributed by atoms with Crippen LogP contribution in [0.25, 0.3) is 22.2 Å². The van der Waals surface area contributed by atoms with Crippen molar-refractivity contribution in [3.05, 3.63) is 59.2 Å². The molecule has 2 aromatic carbocycles. The van der Waals surface area contributed by atoms with Crippen LogP contribution in [-0.2, 0) is 16.4 Å². The lowest BCUT2D eigenvalue weighted by Gasteiger charge is -2.26. The zero-order valence-corrected chi connectivity index (χ0v) is 21.3. The van der Waals surface area contributed by atoms with Gasteiger partial charge in [-0.25, -0.2) is 18.4 Å². The number of aryl methyl sites for hydroxylation is 1. The van der Waals surface area contributed by atoms with Gasteiger partial charge in [0.15, 0.2) is 11.6 Å². The Morgan fingerprint density at radius 2 is 1.92 bits per heavy atom. The molecule has 0 bridgehead atoms. The van der Waals surface area contributed by atoms with Gasteiger partial charge in [0.2, 0.25) is 5.95 Å². The summed E-state index contributed by atoms with van der Waals surface area (Å²) in [6.45, 7) is 2.06. The molecule has 9 nitrogen and oxygen atoms in total. The molecule has 11 heteroatoms. The molecule has 36 heavy (non-hydrogen) atoms. The minimum atomic E-state index is -3.92. The van der Waals surface area contributed by atoms with E-state index in [1.807, 2.05) is 12.1 Å². The van der Waals surface area contributed by atoms with Gasteiger partial charge in [-0.05, 0) is 61.9 Å². The van der Waals surface area contributed by atoms with Crippen molar-refractivity contribution in [3.8, 4) is 11.3 Å². The average molecular weight is 527 g/mol. The standard InChI is InChI=1S/C25H27ClN6O3S/c1-2-15-11-16(12-17-14-28-25(30-24(15)17)29-19-9-7-18(27)8-10-19)21-13-23(31-35-21)32-36(33,34)22-6-4-3-5-20(22)26/h3-6,11-14,18-19H,2,7-10,27H2,1H3,(H,31,32)(H,28,29,30). The number of halogens is 1. The maximum Gasteiger partial charge on any atom is 0.264 e. The molecule has 188 valence electrons. The molecule has 1 saturated carbocycles. The number of nitrogens with two attached hydrogens (primary N) is 1. The molecule has 0 spiro atoms. The summed E-state index contributed by atoms with van der Waals surface area (Å²) in [7, 11) is -3.92. The molecule has 0 atom stereocenters. The lowest BCUT2D eigenvalue weighted by Crippen LogP contribution is -2.33. The summed E-state index contributed by atoms with van der Waals surface area (Å²) in [5.74, 6) is 1.09. The molecule has 1 aliphatic rings. The number of hydrogen-bond donors (Lipinski definition) is 3. The smallest absolute Gasteiger partial charge is 0.264 e. The third-order valence-corrected chi connectivity index (χ3v) is 8.26. The Kier molecular flexibility index (Phi) is 6.83. The van der Waals surface area contributed by atoms with Gasteiger partial charge >= 0.3 is 0 Å². The summed E-state index contributed by atoms with van der Waals surface area (Å²) in [5.41, 5.74) is 8.66. The Balaban J connectivity index is 1.39. The maximum absolute atomic E-state index is 12.7. The second-order valence-corrected chi connectivity index (χ2v) is 11.0. The monoisotopic (exact) mass is 526 g/mol. The van der Waals surface area contributed by atoms with Gasteiger partial charge in [-0.1, -0.05) is 35.8 Å². The van der Waals surface area contributed by atoms with E-state index in [1.165, 1.54) is 12.1 Å². The molecule has 1 aliphatic carbocycles. The Bertz CT molecular complexity index is 1500. The zero-order chi connectivity index (χ0) is 25.3. The van der Waals surface area contributed by atoms with Gasteiger partial charge in [-0.2, -0.15) is 0 Å². The molecule has 4 aromatic rings. The highest BCUT2D eigenvalue weighted by Crippen LogP contribution is 2.31. The van der Waals surface area contributed by atoms with E-state index >= 15 is 0 Å². The lowest BCUT2D eigenvalue weighted by molar-refractivity contribution is 0.410. The predicted molar refractivity (Wildman–Crippen MR) is 141 cm³/mol. The fourth-order valence-electron chi connectivity index (χ4n) is 4.46. The number of fused-ring (bicyclic) bond motifs is 1. The first kappa shape index (κ1) is 24.5. The molecular weight excluding hydrogens is 500 g/mol. The van der Waals surface area contributed by atoms with Crippen LogP contribution in [0, 0.1) is 0 Å². The Morgan fingerprint density at radius 3 is 2.67 bits per heavy atom. The van der Waals surface area contributed by atoms with Crippen LogP contribution >= 0.6 is 11.6 Å². The van der Waals surface area contributed by atoms with E-state index in [9.17, 15) is 8.42 Å². The molecule has 2 heterocycles. The number of aromatic nitrogens is 3.